The molecule has 0 atom stereocenters. The lowest BCUT2D eigenvalue weighted by Crippen LogP contribution is -2.43. The van der Waals surface area contributed by atoms with Gasteiger partial charge in [0.1, 0.15) is 5.65 Å². The molecule has 0 bridgehead atoms. The van der Waals surface area contributed by atoms with E-state index >= 15 is 0 Å². The molecule has 6 heteroatoms. The molecule has 2 aromatic heterocycles. The zero-order valence-electron chi connectivity index (χ0n) is 22.4. The highest BCUT2D eigenvalue weighted by Gasteiger charge is 2.24. The van der Waals surface area contributed by atoms with Crippen LogP contribution in [0.25, 0.3) is 11.0 Å². The molecule has 2 fully saturated rings. The van der Waals surface area contributed by atoms with Crippen molar-refractivity contribution < 1.29 is 0 Å². The molecule has 2 aromatic carbocycles. The molecule has 0 amide bonds. The highest BCUT2D eigenvalue weighted by atomic mass is 16.1. The minimum atomic E-state index is -0.0160. The SMILES string of the molecule is O=c1cc(C#Cc2ccccc2)c2cnc(N3CCC(NCCc4ccccc4)CC3)nc2n1C1CCCC1. The van der Waals surface area contributed by atoms with E-state index in [-0.39, 0.29) is 11.6 Å². The van der Waals surface area contributed by atoms with Crippen LogP contribution in [0.5, 0.6) is 0 Å². The Hall–Kier alpha value is -3.95. The third kappa shape index (κ3) is 5.89. The molecule has 1 aliphatic carbocycles. The summed E-state index contributed by atoms with van der Waals surface area (Å²) in [5, 5.41) is 4.59. The summed E-state index contributed by atoms with van der Waals surface area (Å²) in [5.41, 5.74) is 3.69. The van der Waals surface area contributed by atoms with Gasteiger partial charge in [-0.15, -0.1) is 0 Å². The second kappa shape index (κ2) is 11.8. The van der Waals surface area contributed by atoms with Crippen molar-refractivity contribution >= 4 is 17.0 Å². The van der Waals surface area contributed by atoms with Crippen molar-refractivity contribution in [2.75, 3.05) is 24.5 Å². The molecule has 3 heterocycles. The Labute approximate surface area is 230 Å². The highest BCUT2D eigenvalue weighted by Crippen LogP contribution is 2.31. The average molecular weight is 518 g/mol. The van der Waals surface area contributed by atoms with Gasteiger partial charge >= 0.3 is 0 Å². The van der Waals surface area contributed by atoms with Gasteiger partial charge in [0, 0.05) is 48.6 Å². The number of nitrogens with one attached hydrogen (secondary N) is 1. The van der Waals surface area contributed by atoms with Gasteiger partial charge in [-0.05, 0) is 56.3 Å². The van der Waals surface area contributed by atoms with Gasteiger partial charge in [-0.2, -0.15) is 4.98 Å². The lowest BCUT2D eigenvalue weighted by Gasteiger charge is -2.32. The maximum Gasteiger partial charge on any atom is 0.253 e. The van der Waals surface area contributed by atoms with Crippen molar-refractivity contribution in [3.8, 4) is 11.8 Å². The fourth-order valence-electron chi connectivity index (χ4n) is 5.89. The third-order valence-electron chi connectivity index (χ3n) is 8.05. The molecule has 198 valence electrons. The largest absolute Gasteiger partial charge is 0.341 e. The fraction of sp³-hybridized carbons (Fsp3) is 0.364. The van der Waals surface area contributed by atoms with Gasteiger partial charge in [0.25, 0.3) is 5.56 Å². The molecule has 1 aliphatic heterocycles. The Balaban J connectivity index is 1.22. The van der Waals surface area contributed by atoms with Crippen molar-refractivity contribution in [2.24, 2.45) is 0 Å². The minimum Gasteiger partial charge on any atom is -0.341 e. The van der Waals surface area contributed by atoms with Crippen LogP contribution in [-0.2, 0) is 6.42 Å². The van der Waals surface area contributed by atoms with Crippen LogP contribution in [0.15, 0.2) is 77.7 Å². The second-order valence-corrected chi connectivity index (χ2v) is 10.7. The number of piperidine rings is 1. The Bertz CT molecular complexity index is 1520. The van der Waals surface area contributed by atoms with Crippen LogP contribution in [-0.4, -0.2) is 40.2 Å². The third-order valence-corrected chi connectivity index (χ3v) is 8.05. The number of nitrogens with zero attached hydrogens (tertiary/aromatic N) is 4. The monoisotopic (exact) mass is 517 g/mol. The first-order valence-corrected chi connectivity index (χ1v) is 14.3. The van der Waals surface area contributed by atoms with E-state index in [1.165, 1.54) is 5.56 Å². The average Bonchev–Trinajstić information content (AvgIpc) is 3.51. The van der Waals surface area contributed by atoms with Gasteiger partial charge in [0.05, 0.1) is 5.39 Å². The predicted molar refractivity (Wildman–Crippen MR) is 157 cm³/mol. The van der Waals surface area contributed by atoms with Crippen LogP contribution < -0.4 is 15.8 Å². The topological polar surface area (TPSA) is 63.1 Å². The number of aromatic nitrogens is 3. The maximum absolute atomic E-state index is 13.4. The Morgan fingerprint density at radius 1 is 0.897 bits per heavy atom. The number of benzene rings is 2. The quantitative estimate of drug-likeness (QED) is 0.360. The normalized spacial score (nSPS) is 16.4. The number of pyridine rings is 1. The molecular formula is C33H35N5O. The lowest BCUT2D eigenvalue weighted by molar-refractivity contribution is 0.415. The summed E-state index contributed by atoms with van der Waals surface area (Å²) in [4.78, 5) is 25.5. The summed E-state index contributed by atoms with van der Waals surface area (Å²) >= 11 is 0. The van der Waals surface area contributed by atoms with E-state index in [0.717, 1.165) is 81.2 Å². The Morgan fingerprint density at radius 3 is 2.36 bits per heavy atom. The molecule has 1 saturated heterocycles. The van der Waals surface area contributed by atoms with Crippen LogP contribution in [0.3, 0.4) is 0 Å². The summed E-state index contributed by atoms with van der Waals surface area (Å²) < 4.78 is 1.92. The van der Waals surface area contributed by atoms with Gasteiger partial charge < -0.3 is 10.2 Å². The zero-order chi connectivity index (χ0) is 26.4. The predicted octanol–water partition coefficient (Wildman–Crippen LogP) is 5.11. The van der Waals surface area contributed by atoms with E-state index in [1.54, 1.807) is 6.07 Å². The number of anilines is 1. The lowest BCUT2D eigenvalue weighted by atomic mass is 10.0. The molecule has 39 heavy (non-hydrogen) atoms. The van der Waals surface area contributed by atoms with Crippen molar-refractivity contribution in [3.63, 3.8) is 0 Å². The van der Waals surface area contributed by atoms with E-state index < -0.39 is 0 Å². The number of rotatable bonds is 6. The number of fused-ring (bicyclic) bond motifs is 1. The summed E-state index contributed by atoms with van der Waals surface area (Å²) in [5.74, 6) is 7.15. The highest BCUT2D eigenvalue weighted by molar-refractivity contribution is 5.82. The standard InChI is InChI=1S/C33H35N5O/c39-31-23-27(16-15-25-9-3-1-4-10-25)30-24-35-33(36-32(30)38(31)29-13-7-8-14-29)37-21-18-28(19-22-37)34-20-17-26-11-5-2-6-12-26/h1-6,9-12,23-24,28-29,34H,7-8,13-14,17-22H2. The van der Waals surface area contributed by atoms with Crippen LogP contribution >= 0.6 is 0 Å². The summed E-state index contributed by atoms with van der Waals surface area (Å²) in [7, 11) is 0. The summed E-state index contributed by atoms with van der Waals surface area (Å²) in [6.07, 6.45) is 9.36. The van der Waals surface area contributed by atoms with E-state index in [0.29, 0.717) is 17.6 Å². The van der Waals surface area contributed by atoms with Crippen molar-refractivity contribution in [2.45, 2.75) is 57.0 Å². The summed E-state index contributed by atoms with van der Waals surface area (Å²) in [6.45, 7) is 2.78. The molecule has 0 radical (unpaired) electrons. The maximum atomic E-state index is 13.4. The number of hydrogen-bond donors (Lipinski definition) is 1. The van der Waals surface area contributed by atoms with E-state index in [4.69, 9.17) is 9.97 Å². The van der Waals surface area contributed by atoms with E-state index in [9.17, 15) is 4.79 Å². The van der Waals surface area contributed by atoms with Crippen molar-refractivity contribution in [1.29, 1.82) is 0 Å². The molecule has 4 aromatic rings. The molecule has 0 spiro atoms. The van der Waals surface area contributed by atoms with Crippen LogP contribution in [0.1, 0.15) is 61.3 Å². The van der Waals surface area contributed by atoms with Gasteiger partial charge in [-0.25, -0.2) is 4.98 Å². The van der Waals surface area contributed by atoms with Gasteiger partial charge in [0.2, 0.25) is 5.95 Å². The molecule has 1 saturated carbocycles. The van der Waals surface area contributed by atoms with Crippen LogP contribution in [0, 0.1) is 11.8 Å². The second-order valence-electron chi connectivity index (χ2n) is 10.7. The fourth-order valence-corrected chi connectivity index (χ4v) is 5.89. The first kappa shape index (κ1) is 25.3. The van der Waals surface area contributed by atoms with Crippen LogP contribution in [0.4, 0.5) is 5.95 Å². The van der Waals surface area contributed by atoms with E-state index in [2.05, 4.69) is 52.4 Å². The smallest absolute Gasteiger partial charge is 0.253 e. The first-order chi connectivity index (χ1) is 19.2. The van der Waals surface area contributed by atoms with Gasteiger partial charge in [0.15, 0.2) is 0 Å². The molecular weight excluding hydrogens is 482 g/mol. The number of hydrogen-bond acceptors (Lipinski definition) is 5. The molecule has 6 rings (SSSR count). The van der Waals surface area contributed by atoms with E-state index in [1.807, 2.05) is 41.1 Å². The van der Waals surface area contributed by atoms with Crippen molar-refractivity contribution in [1.82, 2.24) is 19.9 Å². The van der Waals surface area contributed by atoms with Crippen LogP contribution in [0.2, 0.25) is 0 Å². The molecule has 0 unspecified atom stereocenters. The van der Waals surface area contributed by atoms with Gasteiger partial charge in [-0.3, -0.25) is 9.36 Å². The summed E-state index contributed by atoms with van der Waals surface area (Å²) in [6, 6.07) is 22.9. The zero-order valence-corrected chi connectivity index (χ0v) is 22.4. The first-order valence-electron chi connectivity index (χ1n) is 14.3. The molecule has 1 N–H and O–H groups in total. The molecule has 6 nitrogen and oxygen atoms in total. The Kier molecular flexibility index (Phi) is 7.69. The van der Waals surface area contributed by atoms with Gasteiger partial charge in [-0.1, -0.05) is 73.2 Å². The minimum absolute atomic E-state index is 0.0160. The Morgan fingerprint density at radius 2 is 1.62 bits per heavy atom. The molecule has 2 aliphatic rings. The van der Waals surface area contributed by atoms with Crippen molar-refractivity contribution in [3.05, 3.63) is 100.0 Å².